The second-order valence-corrected chi connectivity index (χ2v) is 4.60. The minimum Gasteiger partial charge on any atom is -0.422 e. The second-order valence-electron chi connectivity index (χ2n) is 4.60. The minimum atomic E-state index is -0.445. The summed E-state index contributed by atoms with van der Waals surface area (Å²) in [6.07, 6.45) is 5.03. The van der Waals surface area contributed by atoms with Gasteiger partial charge in [-0.1, -0.05) is 6.07 Å². The molecule has 3 aromatic rings. The smallest absolute Gasteiger partial charge is 0.336 e. The summed E-state index contributed by atoms with van der Waals surface area (Å²) in [4.78, 5) is 27.8. The van der Waals surface area contributed by atoms with E-state index in [1.165, 1.54) is 6.07 Å². The molecule has 5 nitrogen and oxygen atoms in total. The lowest BCUT2D eigenvalue weighted by atomic mass is 10.2. The summed E-state index contributed by atoms with van der Waals surface area (Å²) >= 11 is 0. The molecular formula is C15H12N2O3. The van der Waals surface area contributed by atoms with Crippen LogP contribution in [0, 0.1) is 6.92 Å². The average Bonchev–Trinajstić information content (AvgIpc) is 2.42. The van der Waals surface area contributed by atoms with Gasteiger partial charge in [0, 0.05) is 24.7 Å². The van der Waals surface area contributed by atoms with E-state index < -0.39 is 5.63 Å². The first-order valence-electron chi connectivity index (χ1n) is 6.18. The van der Waals surface area contributed by atoms with Gasteiger partial charge in [0.2, 0.25) is 0 Å². The van der Waals surface area contributed by atoms with E-state index in [0.29, 0.717) is 23.1 Å². The van der Waals surface area contributed by atoms with Crippen LogP contribution in [0.2, 0.25) is 0 Å². The Balaban J connectivity index is 2.17. The van der Waals surface area contributed by atoms with Gasteiger partial charge in [0.15, 0.2) is 0 Å². The Morgan fingerprint density at radius 1 is 1.30 bits per heavy atom. The standard InChI is InChI=1S/C15H12N2O3/c1-10-7-13(18)20-12-4-6-17(15(19)14(10)12)9-11-3-2-5-16-8-11/h2-8H,9H2,1H3. The number of hydrogen-bond acceptors (Lipinski definition) is 4. The Labute approximate surface area is 114 Å². The lowest BCUT2D eigenvalue weighted by Crippen LogP contribution is -2.21. The van der Waals surface area contributed by atoms with Crippen LogP contribution in [0.4, 0.5) is 0 Å². The van der Waals surface area contributed by atoms with Crippen LogP contribution in [0.25, 0.3) is 11.0 Å². The van der Waals surface area contributed by atoms with E-state index in [0.717, 1.165) is 5.56 Å². The van der Waals surface area contributed by atoms with Crippen LogP contribution in [0.15, 0.2) is 56.9 Å². The molecule has 0 aliphatic rings. The van der Waals surface area contributed by atoms with E-state index in [2.05, 4.69) is 4.98 Å². The lowest BCUT2D eigenvalue weighted by molar-refractivity contribution is 0.557. The Hall–Kier alpha value is -2.69. The van der Waals surface area contributed by atoms with E-state index in [-0.39, 0.29) is 5.56 Å². The normalized spacial score (nSPS) is 10.8. The molecule has 3 rings (SSSR count). The molecule has 0 saturated carbocycles. The fraction of sp³-hybridized carbons (Fsp3) is 0.133. The number of hydrogen-bond donors (Lipinski definition) is 0. The summed E-state index contributed by atoms with van der Waals surface area (Å²) < 4.78 is 6.62. The number of aromatic nitrogens is 2. The highest BCUT2D eigenvalue weighted by atomic mass is 16.4. The molecule has 0 unspecified atom stereocenters. The molecule has 0 aliphatic heterocycles. The van der Waals surface area contributed by atoms with E-state index in [1.54, 1.807) is 36.1 Å². The van der Waals surface area contributed by atoms with Gasteiger partial charge >= 0.3 is 5.63 Å². The maximum atomic E-state index is 12.4. The van der Waals surface area contributed by atoms with Gasteiger partial charge in [0.25, 0.3) is 5.56 Å². The highest BCUT2D eigenvalue weighted by Crippen LogP contribution is 2.11. The Morgan fingerprint density at radius 3 is 2.90 bits per heavy atom. The minimum absolute atomic E-state index is 0.174. The Bertz CT molecular complexity index is 879. The highest BCUT2D eigenvalue weighted by molar-refractivity contribution is 5.78. The van der Waals surface area contributed by atoms with Crippen molar-refractivity contribution in [2.24, 2.45) is 0 Å². The summed E-state index contributed by atoms with van der Waals surface area (Å²) in [5, 5.41) is 0.441. The quantitative estimate of drug-likeness (QED) is 0.709. The van der Waals surface area contributed by atoms with Crippen LogP contribution in [0.5, 0.6) is 0 Å². The molecule has 3 heterocycles. The van der Waals surface area contributed by atoms with Crippen molar-refractivity contribution in [2.75, 3.05) is 0 Å². The number of rotatable bonds is 2. The fourth-order valence-electron chi connectivity index (χ4n) is 2.21. The van der Waals surface area contributed by atoms with Gasteiger partial charge < -0.3 is 8.98 Å². The van der Waals surface area contributed by atoms with Crippen molar-refractivity contribution in [1.29, 1.82) is 0 Å². The number of aryl methyl sites for hydroxylation is 1. The molecule has 0 atom stereocenters. The van der Waals surface area contributed by atoms with Crippen molar-refractivity contribution >= 4 is 11.0 Å². The first kappa shape index (κ1) is 12.3. The lowest BCUT2D eigenvalue weighted by Gasteiger charge is -2.07. The van der Waals surface area contributed by atoms with Gasteiger partial charge in [0.05, 0.1) is 11.9 Å². The average molecular weight is 268 g/mol. The van der Waals surface area contributed by atoms with Gasteiger partial charge in [0.1, 0.15) is 5.58 Å². The summed E-state index contributed by atoms with van der Waals surface area (Å²) in [5.74, 6) is 0. The van der Waals surface area contributed by atoms with Gasteiger partial charge in [-0.25, -0.2) is 4.79 Å². The predicted octanol–water partition coefficient (Wildman–Crippen LogP) is 1.71. The summed E-state index contributed by atoms with van der Waals surface area (Å²) in [7, 11) is 0. The molecular weight excluding hydrogens is 256 g/mol. The van der Waals surface area contributed by atoms with Crippen molar-refractivity contribution in [1.82, 2.24) is 9.55 Å². The molecule has 3 aromatic heterocycles. The van der Waals surface area contributed by atoms with E-state index in [9.17, 15) is 9.59 Å². The van der Waals surface area contributed by atoms with E-state index in [4.69, 9.17) is 4.42 Å². The molecule has 5 heteroatoms. The van der Waals surface area contributed by atoms with Crippen molar-refractivity contribution in [2.45, 2.75) is 13.5 Å². The van der Waals surface area contributed by atoms with Crippen LogP contribution in [0.1, 0.15) is 11.1 Å². The summed E-state index contributed by atoms with van der Waals surface area (Å²) in [5.41, 5.74) is 1.26. The molecule has 0 saturated heterocycles. The van der Waals surface area contributed by atoms with Crippen molar-refractivity contribution in [3.8, 4) is 0 Å². The van der Waals surface area contributed by atoms with Crippen LogP contribution < -0.4 is 11.2 Å². The first-order valence-corrected chi connectivity index (χ1v) is 6.18. The topological polar surface area (TPSA) is 65.1 Å². The largest absolute Gasteiger partial charge is 0.422 e. The monoisotopic (exact) mass is 268 g/mol. The number of pyridine rings is 2. The van der Waals surface area contributed by atoms with Crippen LogP contribution in [-0.4, -0.2) is 9.55 Å². The third kappa shape index (κ3) is 2.14. The molecule has 0 aliphatic carbocycles. The van der Waals surface area contributed by atoms with E-state index >= 15 is 0 Å². The number of nitrogens with zero attached hydrogens (tertiary/aromatic N) is 2. The summed E-state index contributed by atoms with van der Waals surface area (Å²) in [6.45, 7) is 2.16. The SMILES string of the molecule is Cc1cc(=O)oc2ccn(Cc3cccnc3)c(=O)c12. The Kier molecular flexibility index (Phi) is 2.95. The van der Waals surface area contributed by atoms with Crippen molar-refractivity contribution in [3.63, 3.8) is 0 Å². The Morgan fingerprint density at radius 2 is 2.15 bits per heavy atom. The fourth-order valence-corrected chi connectivity index (χ4v) is 2.21. The third-order valence-electron chi connectivity index (χ3n) is 3.14. The molecule has 0 spiro atoms. The maximum absolute atomic E-state index is 12.4. The molecule has 20 heavy (non-hydrogen) atoms. The predicted molar refractivity (Wildman–Crippen MR) is 74.8 cm³/mol. The molecule has 0 bridgehead atoms. The van der Waals surface area contributed by atoms with Crippen LogP contribution in [-0.2, 0) is 6.54 Å². The maximum Gasteiger partial charge on any atom is 0.336 e. The molecule has 0 radical (unpaired) electrons. The molecule has 0 aromatic carbocycles. The van der Waals surface area contributed by atoms with Gasteiger partial charge in [-0.15, -0.1) is 0 Å². The molecule has 0 fully saturated rings. The van der Waals surface area contributed by atoms with Crippen molar-refractivity contribution < 1.29 is 4.42 Å². The second kappa shape index (κ2) is 4.77. The zero-order chi connectivity index (χ0) is 14.1. The van der Waals surface area contributed by atoms with Gasteiger partial charge in [-0.2, -0.15) is 0 Å². The molecule has 100 valence electrons. The first-order chi connectivity index (χ1) is 9.65. The third-order valence-corrected chi connectivity index (χ3v) is 3.14. The van der Waals surface area contributed by atoms with E-state index in [1.807, 2.05) is 12.1 Å². The van der Waals surface area contributed by atoms with Crippen molar-refractivity contribution in [3.05, 3.63) is 74.8 Å². The highest BCUT2D eigenvalue weighted by Gasteiger charge is 2.09. The number of fused-ring (bicyclic) bond motifs is 1. The van der Waals surface area contributed by atoms with Gasteiger partial charge in [-0.3, -0.25) is 9.78 Å². The summed E-state index contributed by atoms with van der Waals surface area (Å²) in [6, 6.07) is 6.70. The zero-order valence-electron chi connectivity index (χ0n) is 10.9. The molecule has 0 N–H and O–H groups in total. The van der Waals surface area contributed by atoms with Crippen LogP contribution in [0.3, 0.4) is 0 Å². The molecule has 0 amide bonds. The van der Waals surface area contributed by atoms with Crippen LogP contribution >= 0.6 is 0 Å². The van der Waals surface area contributed by atoms with Gasteiger partial charge in [-0.05, 0) is 30.2 Å². The zero-order valence-corrected chi connectivity index (χ0v) is 10.9.